The summed E-state index contributed by atoms with van der Waals surface area (Å²) in [7, 11) is 0. The third-order valence-electron chi connectivity index (χ3n) is 5.26. The molecular weight excluding hydrogens is 376 g/mol. The molecule has 126 valence electrons. The first-order chi connectivity index (χ1) is 11.1. The molecule has 5 nitrogen and oxygen atoms in total. The summed E-state index contributed by atoms with van der Waals surface area (Å²) >= 11 is 5.30. The molecule has 0 saturated heterocycles. The Hall–Kier alpha value is -0.530. The molecule has 1 fully saturated rings. The van der Waals surface area contributed by atoms with Gasteiger partial charge < -0.3 is 9.88 Å². The van der Waals surface area contributed by atoms with Crippen LogP contribution < -0.4 is 10.9 Å². The molecule has 0 aromatic carbocycles. The number of thioether (sulfide) groups is 1. The molecule has 7 heteroatoms. The van der Waals surface area contributed by atoms with E-state index in [1.807, 2.05) is 0 Å². The number of rotatable bonds is 2. The Labute approximate surface area is 149 Å². The van der Waals surface area contributed by atoms with Crippen LogP contribution in [0.3, 0.4) is 0 Å². The molecule has 0 unspecified atom stereocenters. The number of anilines is 1. The molecule has 1 aromatic heterocycles. The van der Waals surface area contributed by atoms with E-state index in [4.69, 9.17) is 0 Å². The summed E-state index contributed by atoms with van der Waals surface area (Å²) in [5, 5.41) is 5.28. The molecule has 0 amide bonds. The SMILES string of the molecule is C[C@]1(CBr)Cn2c(nc(=O)c3c2NCN(C2CCCCC2)C3)S1. The van der Waals surface area contributed by atoms with Gasteiger partial charge in [-0.3, -0.25) is 9.69 Å². The quantitative estimate of drug-likeness (QED) is 0.612. The zero-order valence-electron chi connectivity index (χ0n) is 13.5. The van der Waals surface area contributed by atoms with Crippen LogP contribution in [0.15, 0.2) is 9.95 Å². The van der Waals surface area contributed by atoms with Gasteiger partial charge >= 0.3 is 0 Å². The number of halogens is 1. The number of hydrogen-bond donors (Lipinski definition) is 1. The van der Waals surface area contributed by atoms with Gasteiger partial charge in [0.15, 0.2) is 5.16 Å². The van der Waals surface area contributed by atoms with E-state index in [2.05, 4.69) is 42.6 Å². The minimum absolute atomic E-state index is 0.0504. The minimum atomic E-state index is -0.0504. The minimum Gasteiger partial charge on any atom is -0.358 e. The van der Waals surface area contributed by atoms with Crippen LogP contribution in [0.1, 0.15) is 44.6 Å². The van der Waals surface area contributed by atoms with Crippen molar-refractivity contribution >= 4 is 33.5 Å². The molecule has 23 heavy (non-hydrogen) atoms. The van der Waals surface area contributed by atoms with E-state index >= 15 is 0 Å². The van der Waals surface area contributed by atoms with Crippen molar-refractivity contribution in [2.45, 2.75) is 68.1 Å². The predicted molar refractivity (Wildman–Crippen MR) is 97.5 cm³/mol. The molecule has 0 bridgehead atoms. The highest BCUT2D eigenvalue weighted by Gasteiger charge is 2.38. The van der Waals surface area contributed by atoms with Gasteiger partial charge in [-0.1, -0.05) is 47.0 Å². The summed E-state index contributed by atoms with van der Waals surface area (Å²) in [6, 6.07) is 0.615. The number of fused-ring (bicyclic) bond motifs is 3. The van der Waals surface area contributed by atoms with Crippen LogP contribution in [0.5, 0.6) is 0 Å². The van der Waals surface area contributed by atoms with Crippen molar-refractivity contribution in [3.63, 3.8) is 0 Å². The van der Waals surface area contributed by atoms with Crippen molar-refractivity contribution in [1.82, 2.24) is 14.5 Å². The third-order valence-corrected chi connectivity index (χ3v) is 8.13. The normalized spacial score (nSPS) is 28.3. The first-order valence-electron chi connectivity index (χ1n) is 8.46. The Morgan fingerprint density at radius 1 is 1.39 bits per heavy atom. The molecule has 4 rings (SSSR count). The Morgan fingerprint density at radius 2 is 2.17 bits per heavy atom. The average Bonchev–Trinajstić information content (AvgIpc) is 2.93. The molecule has 0 radical (unpaired) electrons. The monoisotopic (exact) mass is 398 g/mol. The summed E-state index contributed by atoms with van der Waals surface area (Å²) in [5.41, 5.74) is 0.801. The molecule has 1 aromatic rings. The largest absolute Gasteiger partial charge is 0.358 e. The second kappa shape index (κ2) is 6.08. The summed E-state index contributed by atoms with van der Waals surface area (Å²) in [5.74, 6) is 1.00. The van der Waals surface area contributed by atoms with E-state index in [0.29, 0.717) is 6.04 Å². The number of aromatic nitrogens is 2. The van der Waals surface area contributed by atoms with Gasteiger partial charge in [0, 0.05) is 29.2 Å². The Balaban J connectivity index is 1.64. The van der Waals surface area contributed by atoms with Crippen molar-refractivity contribution in [1.29, 1.82) is 0 Å². The van der Waals surface area contributed by atoms with E-state index in [-0.39, 0.29) is 10.3 Å². The first-order valence-corrected chi connectivity index (χ1v) is 10.4. The highest BCUT2D eigenvalue weighted by molar-refractivity contribution is 9.09. The van der Waals surface area contributed by atoms with Gasteiger partial charge in [-0.25, -0.2) is 0 Å². The average molecular weight is 399 g/mol. The molecule has 3 heterocycles. The van der Waals surface area contributed by atoms with Gasteiger partial charge in [-0.05, 0) is 19.8 Å². The van der Waals surface area contributed by atoms with Crippen molar-refractivity contribution < 1.29 is 0 Å². The van der Waals surface area contributed by atoms with Crippen LogP contribution >= 0.6 is 27.7 Å². The number of hydrogen-bond acceptors (Lipinski definition) is 5. The highest BCUT2D eigenvalue weighted by Crippen LogP contribution is 2.43. The van der Waals surface area contributed by atoms with E-state index in [1.54, 1.807) is 11.8 Å². The predicted octanol–water partition coefficient (Wildman–Crippen LogP) is 3.02. The molecule has 2 aliphatic heterocycles. The van der Waals surface area contributed by atoms with Crippen LogP contribution in [0.4, 0.5) is 5.82 Å². The fourth-order valence-electron chi connectivity index (χ4n) is 3.94. The van der Waals surface area contributed by atoms with Gasteiger partial charge in [0.2, 0.25) is 0 Å². The summed E-state index contributed by atoms with van der Waals surface area (Å²) in [4.78, 5) is 19.3. The topological polar surface area (TPSA) is 50.2 Å². The summed E-state index contributed by atoms with van der Waals surface area (Å²) in [6.07, 6.45) is 6.50. The van der Waals surface area contributed by atoms with Crippen molar-refractivity contribution in [3.05, 3.63) is 15.9 Å². The maximum absolute atomic E-state index is 12.5. The first kappa shape index (κ1) is 16.0. The van der Waals surface area contributed by atoms with E-state index in [1.165, 1.54) is 32.1 Å². The molecule has 1 aliphatic carbocycles. The maximum Gasteiger partial charge on any atom is 0.280 e. The maximum atomic E-state index is 12.5. The lowest BCUT2D eigenvalue weighted by molar-refractivity contribution is 0.151. The van der Waals surface area contributed by atoms with Gasteiger partial charge in [0.25, 0.3) is 5.56 Å². The zero-order chi connectivity index (χ0) is 16.0. The van der Waals surface area contributed by atoms with Gasteiger partial charge in [0.1, 0.15) is 5.82 Å². The third kappa shape index (κ3) is 2.85. The molecule has 1 N–H and O–H groups in total. The van der Waals surface area contributed by atoms with E-state index in [9.17, 15) is 4.79 Å². The molecule has 0 spiro atoms. The van der Waals surface area contributed by atoms with Gasteiger partial charge in [-0.15, -0.1) is 0 Å². The fraction of sp³-hybridized carbons (Fsp3) is 0.750. The van der Waals surface area contributed by atoms with Crippen molar-refractivity contribution in [2.24, 2.45) is 0 Å². The van der Waals surface area contributed by atoms with E-state index in [0.717, 1.165) is 41.6 Å². The lowest BCUT2D eigenvalue weighted by atomic mass is 9.94. The van der Waals surface area contributed by atoms with E-state index < -0.39 is 0 Å². The van der Waals surface area contributed by atoms with Crippen molar-refractivity contribution in [2.75, 3.05) is 17.3 Å². The standard InChI is InChI=1S/C16H23BrN4OS/c1-16(8-17)9-21-13-12(14(22)19-15(21)23-16)7-20(10-18-13)11-5-3-2-4-6-11/h11,18H,2-10H2,1H3/t16-/m0/s1. The summed E-state index contributed by atoms with van der Waals surface area (Å²) < 4.78 is 2.28. The molecule has 1 atom stereocenters. The van der Waals surface area contributed by atoms with Gasteiger partial charge in [0.05, 0.1) is 12.2 Å². The van der Waals surface area contributed by atoms with Crippen molar-refractivity contribution in [3.8, 4) is 0 Å². The molecule has 1 saturated carbocycles. The van der Waals surface area contributed by atoms with Crippen LogP contribution in [-0.4, -0.2) is 37.2 Å². The Morgan fingerprint density at radius 3 is 2.91 bits per heavy atom. The second-order valence-electron chi connectivity index (χ2n) is 7.17. The lowest BCUT2D eigenvalue weighted by Gasteiger charge is -2.38. The lowest BCUT2D eigenvalue weighted by Crippen LogP contribution is -2.45. The van der Waals surface area contributed by atoms with Gasteiger partial charge in [-0.2, -0.15) is 4.98 Å². The smallest absolute Gasteiger partial charge is 0.280 e. The Bertz CT molecular complexity index is 673. The van der Waals surface area contributed by atoms with Crippen LogP contribution in [0.25, 0.3) is 0 Å². The molecule has 3 aliphatic rings. The highest BCUT2D eigenvalue weighted by atomic mass is 79.9. The molecular formula is C16H23BrN4OS. The number of nitrogens with one attached hydrogen (secondary N) is 1. The number of nitrogens with zero attached hydrogens (tertiary/aromatic N) is 3. The van der Waals surface area contributed by atoms with Crippen LogP contribution in [0, 0.1) is 0 Å². The van der Waals surface area contributed by atoms with Crippen LogP contribution in [-0.2, 0) is 13.1 Å². The Kier molecular flexibility index (Phi) is 4.22. The second-order valence-corrected chi connectivity index (χ2v) is 9.29. The number of alkyl halides is 1. The summed E-state index contributed by atoms with van der Waals surface area (Å²) in [6.45, 7) is 4.70. The van der Waals surface area contributed by atoms with Crippen LogP contribution in [0.2, 0.25) is 0 Å². The zero-order valence-corrected chi connectivity index (χ0v) is 15.9. The fourth-order valence-corrected chi connectivity index (χ4v) is 5.54.